The van der Waals surface area contributed by atoms with Gasteiger partial charge in [0.25, 0.3) is 0 Å². The number of aryl methyl sites for hydroxylation is 1. The molecule has 4 nitrogen and oxygen atoms in total. The monoisotopic (exact) mass is 501 g/mol. The molecule has 140 valence electrons. The van der Waals surface area contributed by atoms with Crippen molar-refractivity contribution < 1.29 is 5.11 Å². The summed E-state index contributed by atoms with van der Waals surface area (Å²) in [4.78, 5) is 7.87. The lowest BCUT2D eigenvalue weighted by atomic mass is 10.2. The zero-order valence-electron chi connectivity index (χ0n) is 14.9. The number of aliphatic hydroxyl groups excluding tert-OH is 1. The number of guanidine groups is 1. The van der Waals surface area contributed by atoms with Gasteiger partial charge in [-0.25, -0.2) is 0 Å². The van der Waals surface area contributed by atoms with Crippen molar-refractivity contribution >= 4 is 62.7 Å². The summed E-state index contributed by atoms with van der Waals surface area (Å²) >= 11 is 3.45. The lowest BCUT2D eigenvalue weighted by molar-refractivity contribution is 0.184. The number of benzene rings is 1. The molecule has 3 aromatic rings. The van der Waals surface area contributed by atoms with E-state index in [2.05, 4.69) is 52.9 Å². The second kappa shape index (κ2) is 10.2. The van der Waals surface area contributed by atoms with Crippen LogP contribution in [0.25, 0.3) is 10.1 Å². The quantitative estimate of drug-likeness (QED) is 0.264. The Bertz CT molecular complexity index is 826. The zero-order valence-corrected chi connectivity index (χ0v) is 18.8. The summed E-state index contributed by atoms with van der Waals surface area (Å²) in [5.41, 5.74) is 0. The third kappa shape index (κ3) is 5.42. The molecule has 0 aliphatic rings. The van der Waals surface area contributed by atoms with E-state index in [1.54, 1.807) is 18.4 Å². The number of aliphatic hydroxyl groups is 1. The van der Waals surface area contributed by atoms with E-state index in [4.69, 9.17) is 0 Å². The van der Waals surface area contributed by atoms with Crippen LogP contribution in [0.4, 0.5) is 0 Å². The Morgan fingerprint density at radius 3 is 2.58 bits per heavy atom. The molecule has 3 rings (SSSR count). The minimum atomic E-state index is -0.551. The zero-order chi connectivity index (χ0) is 17.6. The van der Waals surface area contributed by atoms with Crippen molar-refractivity contribution in [1.82, 2.24) is 10.6 Å². The van der Waals surface area contributed by atoms with Gasteiger partial charge in [-0.2, -0.15) is 0 Å². The molecule has 1 aromatic carbocycles. The van der Waals surface area contributed by atoms with Crippen LogP contribution in [-0.4, -0.2) is 24.7 Å². The van der Waals surface area contributed by atoms with E-state index in [9.17, 15) is 5.11 Å². The lowest BCUT2D eigenvalue weighted by Gasteiger charge is -2.14. The first-order valence-electron chi connectivity index (χ1n) is 8.38. The number of nitrogens with zero attached hydrogens (tertiary/aromatic N) is 1. The highest BCUT2D eigenvalue weighted by atomic mass is 127. The topological polar surface area (TPSA) is 56.7 Å². The van der Waals surface area contributed by atoms with Gasteiger partial charge >= 0.3 is 0 Å². The molecule has 2 aromatic heterocycles. The largest absolute Gasteiger partial charge is 0.386 e. The number of hydrogen-bond acceptors (Lipinski definition) is 4. The van der Waals surface area contributed by atoms with Crippen LogP contribution in [0, 0.1) is 0 Å². The molecule has 0 radical (unpaired) electrons. The van der Waals surface area contributed by atoms with Gasteiger partial charge in [0.15, 0.2) is 5.96 Å². The Kier molecular flexibility index (Phi) is 8.33. The Balaban J connectivity index is 0.00000243. The van der Waals surface area contributed by atoms with Crippen molar-refractivity contribution in [2.45, 2.75) is 26.0 Å². The first-order chi connectivity index (χ1) is 12.2. The summed E-state index contributed by atoms with van der Waals surface area (Å²) < 4.78 is 1.20. The highest BCUT2D eigenvalue weighted by Crippen LogP contribution is 2.29. The standard InChI is InChI=1S/C19H23N3OS2.HI/c1-3-14-8-9-15(24-14)11-21-19(20-2)22-12-16(23)18-10-13-6-4-5-7-17(13)25-18;/h4-10,16,23H,3,11-12H2,1-2H3,(H2,20,21,22);1H. The molecule has 2 heterocycles. The van der Waals surface area contributed by atoms with Gasteiger partial charge in [0.1, 0.15) is 6.10 Å². The number of halogens is 1. The van der Waals surface area contributed by atoms with Gasteiger partial charge in [0.2, 0.25) is 0 Å². The van der Waals surface area contributed by atoms with Crippen molar-refractivity contribution in [1.29, 1.82) is 0 Å². The summed E-state index contributed by atoms with van der Waals surface area (Å²) in [6, 6.07) is 14.6. The van der Waals surface area contributed by atoms with Crippen LogP contribution in [0.1, 0.15) is 27.7 Å². The van der Waals surface area contributed by atoms with Gasteiger partial charge in [0.05, 0.1) is 6.54 Å². The summed E-state index contributed by atoms with van der Waals surface area (Å²) in [5.74, 6) is 0.701. The first kappa shape index (κ1) is 21.1. The number of thiophene rings is 2. The van der Waals surface area contributed by atoms with E-state index >= 15 is 0 Å². The summed E-state index contributed by atoms with van der Waals surface area (Å²) in [7, 11) is 1.74. The minimum Gasteiger partial charge on any atom is -0.386 e. The van der Waals surface area contributed by atoms with Gasteiger partial charge in [-0.15, -0.1) is 46.7 Å². The van der Waals surface area contributed by atoms with E-state index in [0.29, 0.717) is 12.5 Å². The molecule has 26 heavy (non-hydrogen) atoms. The number of hydrogen-bond donors (Lipinski definition) is 3. The molecule has 0 saturated heterocycles. The normalized spacial score (nSPS) is 12.7. The van der Waals surface area contributed by atoms with Crippen LogP contribution in [0.5, 0.6) is 0 Å². The van der Waals surface area contributed by atoms with Gasteiger partial charge in [-0.3, -0.25) is 4.99 Å². The third-order valence-corrected chi connectivity index (χ3v) is 6.40. The Morgan fingerprint density at radius 2 is 1.88 bits per heavy atom. The van der Waals surface area contributed by atoms with Crippen molar-refractivity contribution in [2.75, 3.05) is 13.6 Å². The van der Waals surface area contributed by atoms with Crippen LogP contribution in [0.2, 0.25) is 0 Å². The average Bonchev–Trinajstić information content (AvgIpc) is 3.28. The van der Waals surface area contributed by atoms with E-state index in [1.165, 1.54) is 19.8 Å². The smallest absolute Gasteiger partial charge is 0.191 e. The van der Waals surface area contributed by atoms with Crippen molar-refractivity contribution in [2.24, 2.45) is 4.99 Å². The highest BCUT2D eigenvalue weighted by molar-refractivity contribution is 14.0. The number of nitrogens with one attached hydrogen (secondary N) is 2. The van der Waals surface area contributed by atoms with Crippen molar-refractivity contribution in [3.05, 3.63) is 57.1 Å². The Labute approximate surface area is 179 Å². The summed E-state index contributed by atoms with van der Waals surface area (Å²) in [5, 5.41) is 18.1. The molecule has 0 spiro atoms. The molecule has 3 N–H and O–H groups in total. The van der Waals surface area contributed by atoms with Gasteiger partial charge in [0, 0.05) is 32.9 Å². The van der Waals surface area contributed by atoms with Gasteiger partial charge in [-0.05, 0) is 36.1 Å². The second-order valence-corrected chi connectivity index (χ2v) is 8.10. The Hall–Kier alpha value is -1.16. The van der Waals surface area contributed by atoms with E-state index in [1.807, 2.05) is 23.5 Å². The predicted molar refractivity (Wildman–Crippen MR) is 124 cm³/mol. The van der Waals surface area contributed by atoms with Crippen molar-refractivity contribution in [3.8, 4) is 0 Å². The van der Waals surface area contributed by atoms with Crippen LogP contribution >= 0.6 is 46.7 Å². The molecule has 0 bridgehead atoms. The lowest BCUT2D eigenvalue weighted by Crippen LogP contribution is -2.38. The van der Waals surface area contributed by atoms with Gasteiger partial charge in [-0.1, -0.05) is 25.1 Å². The second-order valence-electron chi connectivity index (χ2n) is 5.73. The number of rotatable bonds is 6. The molecule has 7 heteroatoms. The molecule has 0 saturated carbocycles. The Morgan fingerprint density at radius 1 is 1.12 bits per heavy atom. The molecule has 0 amide bonds. The molecule has 1 unspecified atom stereocenters. The fourth-order valence-corrected chi connectivity index (χ4v) is 4.51. The van der Waals surface area contributed by atoms with Crippen LogP contribution in [-0.2, 0) is 13.0 Å². The maximum Gasteiger partial charge on any atom is 0.191 e. The van der Waals surface area contributed by atoms with Crippen LogP contribution < -0.4 is 10.6 Å². The highest BCUT2D eigenvalue weighted by Gasteiger charge is 2.12. The van der Waals surface area contributed by atoms with E-state index in [-0.39, 0.29) is 24.0 Å². The van der Waals surface area contributed by atoms with Gasteiger partial charge < -0.3 is 15.7 Å². The molecule has 1 atom stereocenters. The van der Waals surface area contributed by atoms with Crippen LogP contribution in [0.15, 0.2) is 47.5 Å². The van der Waals surface area contributed by atoms with Crippen LogP contribution in [0.3, 0.4) is 0 Å². The molecular weight excluding hydrogens is 477 g/mol. The third-order valence-electron chi connectivity index (χ3n) is 3.96. The number of aliphatic imine (C=N–C) groups is 1. The fraction of sp³-hybridized carbons (Fsp3) is 0.316. The molecular formula is C19H24IN3OS2. The van der Waals surface area contributed by atoms with E-state index in [0.717, 1.165) is 17.8 Å². The molecule has 0 fully saturated rings. The average molecular weight is 501 g/mol. The molecule has 0 aliphatic carbocycles. The summed E-state index contributed by atoms with van der Waals surface area (Å²) in [6.45, 7) is 3.33. The van der Waals surface area contributed by atoms with E-state index < -0.39 is 6.10 Å². The first-order valence-corrected chi connectivity index (χ1v) is 10.0. The molecule has 0 aliphatic heterocycles. The minimum absolute atomic E-state index is 0. The number of fused-ring (bicyclic) bond motifs is 1. The summed E-state index contributed by atoms with van der Waals surface area (Å²) in [6.07, 6.45) is 0.517. The maximum absolute atomic E-state index is 10.5. The SMILES string of the molecule is CCc1ccc(CNC(=NC)NCC(O)c2cc3ccccc3s2)s1.I. The maximum atomic E-state index is 10.5. The van der Waals surface area contributed by atoms with Crippen molar-refractivity contribution in [3.63, 3.8) is 0 Å². The fourth-order valence-electron chi connectivity index (χ4n) is 2.56. The predicted octanol–water partition coefficient (Wildman–Crippen LogP) is 4.54.